The van der Waals surface area contributed by atoms with Crippen LogP contribution < -0.4 is 9.62 Å². The first-order valence-electron chi connectivity index (χ1n) is 23.1. The van der Waals surface area contributed by atoms with Crippen LogP contribution in [0.25, 0.3) is 0 Å². The lowest BCUT2D eigenvalue weighted by Crippen LogP contribution is -2.64. The molecule has 3 aromatic rings. The summed E-state index contributed by atoms with van der Waals surface area (Å²) in [7, 11) is -2.30. The number of hydrogen-bond donors (Lipinski definition) is 2. The molecular weight excluding hydrogens is 968 g/mol. The van der Waals surface area contributed by atoms with Gasteiger partial charge in [-0.3, -0.25) is 28.8 Å². The van der Waals surface area contributed by atoms with Gasteiger partial charge < -0.3 is 47.9 Å². The molecule has 0 saturated carbocycles. The molecule has 2 N–H and O–H groups in total. The van der Waals surface area contributed by atoms with Gasteiger partial charge in [-0.05, 0) is 85.0 Å². The number of nitrogens with one attached hydrogen (secondary N) is 1. The van der Waals surface area contributed by atoms with Gasteiger partial charge in [0.2, 0.25) is 15.9 Å². The quantitative estimate of drug-likeness (QED) is 0.0555. The zero-order chi connectivity index (χ0) is 52.9. The Bertz CT molecular complexity index is 2510. The van der Waals surface area contributed by atoms with E-state index < -0.39 is 119 Å². The molecule has 0 radical (unpaired) electrons. The number of methoxy groups -OCH3 is 1. The molecular formula is C50H61FN2O18S. The third-order valence-corrected chi connectivity index (χ3v) is 12.6. The Balaban J connectivity index is 1.39. The van der Waals surface area contributed by atoms with Gasteiger partial charge in [0, 0.05) is 46.9 Å². The molecule has 2 heterocycles. The number of anilines is 1. The third-order valence-electron chi connectivity index (χ3n) is 11.9. The molecule has 72 heavy (non-hydrogen) atoms. The lowest BCUT2D eigenvalue weighted by Gasteiger charge is -2.48. The first-order valence-corrected chi connectivity index (χ1v) is 25.0. The summed E-state index contributed by atoms with van der Waals surface area (Å²) in [6.07, 6.45) is -6.33. The van der Waals surface area contributed by atoms with E-state index in [1.165, 1.54) is 31.2 Å². The average Bonchev–Trinajstić information content (AvgIpc) is 3.31. The number of sulfonamides is 1. The van der Waals surface area contributed by atoms with Crippen LogP contribution in [0.5, 0.6) is 0 Å². The number of carbonyl (C=O) groups is 7. The number of aliphatic hydroxyl groups is 1. The summed E-state index contributed by atoms with van der Waals surface area (Å²) in [5.74, 6) is -6.30. The van der Waals surface area contributed by atoms with Crippen molar-refractivity contribution in [2.24, 2.45) is 5.92 Å². The number of β-lactam (4-membered cyclic amide) rings is 1. The van der Waals surface area contributed by atoms with Gasteiger partial charge in [0.05, 0.1) is 38.5 Å². The molecule has 0 bridgehead atoms. The number of rotatable bonds is 24. The average molecular weight is 1030 g/mol. The summed E-state index contributed by atoms with van der Waals surface area (Å²) in [5.41, 5.74) is 1.79. The van der Waals surface area contributed by atoms with Gasteiger partial charge in [-0.15, -0.1) is 0 Å². The second-order valence-electron chi connectivity index (χ2n) is 17.6. The summed E-state index contributed by atoms with van der Waals surface area (Å²) >= 11 is 0. The molecule has 3 aromatic carbocycles. The fraction of sp³-hybridized carbons (Fsp3) is 0.500. The summed E-state index contributed by atoms with van der Waals surface area (Å²) < 4.78 is 83.5. The van der Waals surface area contributed by atoms with Gasteiger partial charge >= 0.3 is 35.8 Å². The van der Waals surface area contributed by atoms with E-state index in [1.807, 2.05) is 36.4 Å². The smallest absolute Gasteiger partial charge is 0.339 e. The number of aryl methyl sites for hydroxylation is 2. The van der Waals surface area contributed by atoms with E-state index in [0.29, 0.717) is 36.1 Å². The maximum atomic E-state index is 14.1. The number of aliphatic hydroxyl groups excluding tert-OH is 1. The first-order chi connectivity index (χ1) is 34.0. The summed E-state index contributed by atoms with van der Waals surface area (Å²) in [6, 6.07) is 19.8. The maximum absolute atomic E-state index is 14.1. The SMILES string of the molecule is COC(=O)[C@H]1O[C@@H](OCC(CO)(CCc2ccc([C@@H]3C(CC[C@H](OC(C)=O)c4ccc(F)cc4)C(=O)N3c3ccc(CCCNS(C)(=O)=O)cc3)cc2)OC(C)=O)[C@H](OC(C)=O)[C@H](OC(C)=O)[C@@H]1OC(C)=O. The van der Waals surface area contributed by atoms with Crippen LogP contribution in [0.1, 0.15) is 94.7 Å². The number of ether oxygens (including phenoxy) is 8. The Hall–Kier alpha value is -6.33. The number of carbonyl (C=O) groups excluding carboxylic acids is 7. The standard InChI is InChI=1S/C50H61FN2O18S/c1-29(55)66-41(36-16-18-38(51)19-17-36)23-22-40-42(53(47(40)60)39-20-12-34(13-21-39)9-8-26-52-72(7,62)63)37-14-10-35(11-15-37)24-25-50(27-54,71-33(5)59)28-65-49-46(69-32(4)58)44(68-31(3)57)43(67-30(2)56)45(70-49)48(61)64-6/h10-21,40-46,49,52,54H,8-9,22-28H2,1-7H3/t40?,41-,42+,43-,44+,45-,46+,49+,50?/m0/s1. The first kappa shape index (κ1) is 56.6. The minimum absolute atomic E-state index is 0.0640. The van der Waals surface area contributed by atoms with E-state index in [-0.39, 0.29) is 31.7 Å². The van der Waals surface area contributed by atoms with Gasteiger partial charge in [-0.2, -0.15) is 0 Å². The monoisotopic (exact) mass is 1030 g/mol. The number of halogens is 1. The third kappa shape index (κ3) is 15.6. The molecule has 2 fully saturated rings. The fourth-order valence-electron chi connectivity index (χ4n) is 8.69. The van der Waals surface area contributed by atoms with Gasteiger partial charge in [-0.1, -0.05) is 48.5 Å². The minimum atomic E-state index is -3.33. The second-order valence-corrected chi connectivity index (χ2v) is 19.4. The molecule has 9 atom stereocenters. The van der Waals surface area contributed by atoms with Gasteiger partial charge in [0.1, 0.15) is 11.9 Å². The van der Waals surface area contributed by atoms with Crippen molar-refractivity contribution in [3.8, 4) is 0 Å². The van der Waals surface area contributed by atoms with Crippen molar-refractivity contribution in [2.45, 2.75) is 122 Å². The Morgan fingerprint density at radius 2 is 1.38 bits per heavy atom. The van der Waals surface area contributed by atoms with Crippen molar-refractivity contribution < 1.29 is 89.4 Å². The van der Waals surface area contributed by atoms with Gasteiger partial charge in [-0.25, -0.2) is 22.3 Å². The van der Waals surface area contributed by atoms with Crippen LogP contribution in [-0.4, -0.2) is 125 Å². The number of esters is 6. The summed E-state index contributed by atoms with van der Waals surface area (Å²) in [4.78, 5) is 90.2. The van der Waals surface area contributed by atoms with Crippen LogP contribution in [0.15, 0.2) is 72.8 Å². The van der Waals surface area contributed by atoms with Crippen molar-refractivity contribution in [1.82, 2.24) is 4.72 Å². The van der Waals surface area contributed by atoms with Crippen LogP contribution in [0, 0.1) is 11.7 Å². The Labute approximate surface area is 416 Å². The van der Waals surface area contributed by atoms with Crippen molar-refractivity contribution in [3.05, 3.63) is 101 Å². The van der Waals surface area contributed by atoms with Crippen LogP contribution >= 0.6 is 0 Å². The molecule has 2 aliphatic heterocycles. The lowest BCUT2D eigenvalue weighted by molar-refractivity contribution is -0.309. The van der Waals surface area contributed by atoms with Crippen molar-refractivity contribution in [3.63, 3.8) is 0 Å². The van der Waals surface area contributed by atoms with Crippen molar-refractivity contribution in [2.75, 3.05) is 38.0 Å². The highest BCUT2D eigenvalue weighted by atomic mass is 32.2. The number of nitrogens with zero attached hydrogens (tertiary/aromatic N) is 1. The highest BCUT2D eigenvalue weighted by Gasteiger charge is 2.56. The van der Waals surface area contributed by atoms with E-state index in [4.69, 9.17) is 37.9 Å². The largest absolute Gasteiger partial charge is 0.467 e. The van der Waals surface area contributed by atoms with E-state index in [1.54, 1.807) is 17.0 Å². The van der Waals surface area contributed by atoms with Gasteiger partial charge in [0.25, 0.3) is 0 Å². The lowest BCUT2D eigenvalue weighted by atomic mass is 9.78. The fourth-order valence-corrected chi connectivity index (χ4v) is 9.21. The number of hydrogen-bond acceptors (Lipinski definition) is 18. The maximum Gasteiger partial charge on any atom is 0.339 e. The zero-order valence-electron chi connectivity index (χ0n) is 41.0. The second kappa shape index (κ2) is 25.4. The van der Waals surface area contributed by atoms with Crippen molar-refractivity contribution in [1.29, 1.82) is 0 Å². The van der Waals surface area contributed by atoms with Gasteiger partial charge in [0.15, 0.2) is 36.3 Å². The summed E-state index contributed by atoms with van der Waals surface area (Å²) in [6.45, 7) is 4.36. The topological polar surface area (TPSA) is 263 Å². The molecule has 0 aromatic heterocycles. The van der Waals surface area contributed by atoms with Crippen LogP contribution in [-0.2, 0) is 94.3 Å². The molecule has 392 valence electrons. The highest BCUT2D eigenvalue weighted by molar-refractivity contribution is 7.88. The molecule has 0 aliphatic carbocycles. The Kier molecular flexibility index (Phi) is 19.9. The van der Waals surface area contributed by atoms with Crippen molar-refractivity contribution >= 4 is 57.4 Å². The molecule has 5 rings (SSSR count). The highest BCUT2D eigenvalue weighted by Crippen LogP contribution is 2.47. The number of benzene rings is 3. The molecule has 22 heteroatoms. The van der Waals surface area contributed by atoms with E-state index >= 15 is 0 Å². The Morgan fingerprint density at radius 3 is 1.93 bits per heavy atom. The van der Waals surface area contributed by atoms with Crippen LogP contribution in [0.4, 0.5) is 10.1 Å². The molecule has 1 amide bonds. The van der Waals surface area contributed by atoms with Crippen LogP contribution in [0.3, 0.4) is 0 Å². The zero-order valence-corrected chi connectivity index (χ0v) is 41.8. The number of amides is 1. The van der Waals surface area contributed by atoms with E-state index in [0.717, 1.165) is 52.2 Å². The summed E-state index contributed by atoms with van der Waals surface area (Å²) in [5, 5.41) is 10.8. The van der Waals surface area contributed by atoms with E-state index in [2.05, 4.69) is 4.72 Å². The minimum Gasteiger partial charge on any atom is -0.467 e. The Morgan fingerprint density at radius 1 is 0.792 bits per heavy atom. The molecule has 0 spiro atoms. The van der Waals surface area contributed by atoms with Crippen LogP contribution in [0.2, 0.25) is 0 Å². The van der Waals surface area contributed by atoms with E-state index in [9.17, 15) is 51.5 Å². The molecule has 2 aliphatic rings. The molecule has 2 saturated heterocycles. The predicted molar refractivity (Wildman–Crippen MR) is 251 cm³/mol. The normalized spacial score (nSPS) is 22.0. The predicted octanol–water partition coefficient (Wildman–Crippen LogP) is 4.03. The molecule has 2 unspecified atom stereocenters. The molecule has 20 nitrogen and oxygen atoms in total.